The molecular weight excluding hydrogens is 344 g/mol. The van der Waals surface area contributed by atoms with Gasteiger partial charge in [0.1, 0.15) is 17.9 Å². The first-order valence-electron chi connectivity index (χ1n) is 9.33. The molecule has 1 N–H and O–H groups in total. The number of nitrogens with zero attached hydrogens (tertiary/aromatic N) is 3. The van der Waals surface area contributed by atoms with Crippen molar-refractivity contribution in [1.29, 1.82) is 0 Å². The predicted molar refractivity (Wildman–Crippen MR) is 103 cm³/mol. The number of anilines is 1. The third kappa shape index (κ3) is 4.96. The smallest absolute Gasteiger partial charge is 0.295 e. The van der Waals surface area contributed by atoms with Crippen LogP contribution in [0, 0.1) is 0 Å². The summed E-state index contributed by atoms with van der Waals surface area (Å²) >= 11 is 0. The summed E-state index contributed by atoms with van der Waals surface area (Å²) < 4.78 is 17.0. The van der Waals surface area contributed by atoms with Crippen LogP contribution in [0.25, 0.3) is 11.1 Å². The molecule has 4 rings (SSSR count). The van der Waals surface area contributed by atoms with Crippen molar-refractivity contribution in [2.24, 2.45) is 0 Å². The Labute approximate surface area is 158 Å². The molecule has 142 valence electrons. The number of morpholine rings is 1. The maximum atomic E-state index is 5.81. The minimum Gasteiger partial charge on any atom is -0.489 e. The summed E-state index contributed by atoms with van der Waals surface area (Å²) in [5, 5.41) is 3.27. The zero-order valence-corrected chi connectivity index (χ0v) is 15.3. The minimum absolute atomic E-state index is 0.472. The van der Waals surface area contributed by atoms with Crippen molar-refractivity contribution < 1.29 is 13.9 Å². The lowest BCUT2D eigenvalue weighted by Crippen LogP contribution is -2.37. The molecule has 0 radical (unpaired) electrons. The fraction of sp³-hybridized carbons (Fsp3) is 0.400. The molecule has 2 aromatic heterocycles. The fourth-order valence-electron chi connectivity index (χ4n) is 3.04. The van der Waals surface area contributed by atoms with Gasteiger partial charge in [-0.1, -0.05) is 6.07 Å². The first-order valence-corrected chi connectivity index (χ1v) is 9.33. The molecule has 7 nitrogen and oxygen atoms in total. The van der Waals surface area contributed by atoms with Crippen LogP contribution in [0.3, 0.4) is 0 Å². The standard InChI is InChI=1S/C20H24N4O3/c1-3-16(14-21-6-1)15-26-17-4-5-18-19(13-17)27-20(23-18)22-7-2-8-24-9-11-25-12-10-24/h1,3-6,13-14H,2,7-12,15H2,(H,22,23). The Balaban J connectivity index is 1.28. The topological polar surface area (TPSA) is 72.7 Å². The van der Waals surface area contributed by atoms with E-state index in [1.165, 1.54) is 0 Å². The van der Waals surface area contributed by atoms with Crippen LogP contribution in [0.2, 0.25) is 0 Å². The summed E-state index contributed by atoms with van der Waals surface area (Å²) in [6.45, 7) is 6.07. The zero-order valence-electron chi connectivity index (χ0n) is 15.3. The van der Waals surface area contributed by atoms with E-state index in [4.69, 9.17) is 13.9 Å². The number of fused-ring (bicyclic) bond motifs is 1. The molecule has 0 bridgehead atoms. The molecule has 0 aliphatic carbocycles. The summed E-state index contributed by atoms with van der Waals surface area (Å²) in [6, 6.07) is 10.1. The van der Waals surface area contributed by atoms with Gasteiger partial charge in [0, 0.05) is 43.7 Å². The van der Waals surface area contributed by atoms with E-state index < -0.39 is 0 Å². The van der Waals surface area contributed by atoms with Crippen molar-refractivity contribution in [1.82, 2.24) is 14.9 Å². The van der Waals surface area contributed by atoms with E-state index in [1.807, 2.05) is 30.3 Å². The quantitative estimate of drug-likeness (QED) is 0.613. The molecule has 1 fully saturated rings. The van der Waals surface area contributed by atoms with Gasteiger partial charge in [-0.3, -0.25) is 9.88 Å². The molecule has 0 unspecified atom stereocenters. The van der Waals surface area contributed by atoms with Crippen LogP contribution < -0.4 is 10.1 Å². The Bertz CT molecular complexity index is 847. The Morgan fingerprint density at radius 1 is 1.19 bits per heavy atom. The van der Waals surface area contributed by atoms with Gasteiger partial charge in [0.05, 0.1) is 13.2 Å². The van der Waals surface area contributed by atoms with E-state index >= 15 is 0 Å². The molecule has 1 aromatic carbocycles. The fourth-order valence-corrected chi connectivity index (χ4v) is 3.04. The molecule has 7 heteroatoms. The molecule has 0 spiro atoms. The molecular formula is C20H24N4O3. The maximum Gasteiger partial charge on any atom is 0.295 e. The van der Waals surface area contributed by atoms with Crippen molar-refractivity contribution in [3.8, 4) is 5.75 Å². The Hall–Kier alpha value is -2.64. The molecule has 1 saturated heterocycles. The highest BCUT2D eigenvalue weighted by Crippen LogP contribution is 2.24. The van der Waals surface area contributed by atoms with Crippen molar-refractivity contribution in [2.45, 2.75) is 13.0 Å². The highest BCUT2D eigenvalue weighted by atomic mass is 16.5. The number of aromatic nitrogens is 2. The van der Waals surface area contributed by atoms with E-state index in [1.54, 1.807) is 12.4 Å². The van der Waals surface area contributed by atoms with Crippen LogP contribution in [-0.4, -0.2) is 54.3 Å². The Morgan fingerprint density at radius 2 is 2.11 bits per heavy atom. The lowest BCUT2D eigenvalue weighted by atomic mass is 10.3. The number of nitrogens with one attached hydrogen (secondary N) is 1. The van der Waals surface area contributed by atoms with Gasteiger partial charge in [-0.25, -0.2) is 0 Å². The van der Waals surface area contributed by atoms with E-state index in [9.17, 15) is 0 Å². The Kier molecular flexibility index (Phi) is 5.81. The molecule has 1 aliphatic heterocycles. The number of ether oxygens (including phenoxy) is 2. The van der Waals surface area contributed by atoms with Crippen molar-refractivity contribution in [3.63, 3.8) is 0 Å². The minimum atomic E-state index is 0.472. The first kappa shape index (κ1) is 17.8. The van der Waals surface area contributed by atoms with Gasteiger partial charge in [-0.05, 0) is 31.2 Å². The average Bonchev–Trinajstić information content (AvgIpc) is 3.13. The van der Waals surface area contributed by atoms with Crippen LogP contribution in [0.4, 0.5) is 6.01 Å². The van der Waals surface area contributed by atoms with Gasteiger partial charge >= 0.3 is 0 Å². The summed E-state index contributed by atoms with van der Waals surface area (Å²) in [6.07, 6.45) is 4.59. The second kappa shape index (κ2) is 8.83. The molecule has 3 aromatic rings. The second-order valence-electron chi connectivity index (χ2n) is 6.53. The molecule has 27 heavy (non-hydrogen) atoms. The van der Waals surface area contributed by atoms with Gasteiger partial charge in [0.2, 0.25) is 0 Å². The molecule has 0 saturated carbocycles. The van der Waals surface area contributed by atoms with Crippen LogP contribution in [0.1, 0.15) is 12.0 Å². The second-order valence-corrected chi connectivity index (χ2v) is 6.53. The van der Waals surface area contributed by atoms with Gasteiger partial charge in [0.15, 0.2) is 5.58 Å². The van der Waals surface area contributed by atoms with Crippen LogP contribution >= 0.6 is 0 Å². The van der Waals surface area contributed by atoms with Gasteiger partial charge in [-0.2, -0.15) is 4.98 Å². The summed E-state index contributed by atoms with van der Waals surface area (Å²) in [7, 11) is 0. The largest absolute Gasteiger partial charge is 0.489 e. The third-order valence-electron chi connectivity index (χ3n) is 4.52. The van der Waals surface area contributed by atoms with Gasteiger partial charge in [-0.15, -0.1) is 0 Å². The molecule has 1 aliphatic rings. The number of pyridine rings is 1. The lowest BCUT2D eigenvalue weighted by molar-refractivity contribution is 0.0378. The van der Waals surface area contributed by atoms with Gasteiger partial charge < -0.3 is 19.2 Å². The van der Waals surface area contributed by atoms with Crippen molar-refractivity contribution in [2.75, 3.05) is 44.7 Å². The first-order chi connectivity index (χ1) is 13.4. The van der Waals surface area contributed by atoms with E-state index in [-0.39, 0.29) is 0 Å². The number of hydrogen-bond acceptors (Lipinski definition) is 7. The molecule has 0 atom stereocenters. The van der Waals surface area contributed by atoms with E-state index in [2.05, 4.69) is 20.2 Å². The van der Waals surface area contributed by atoms with Crippen molar-refractivity contribution in [3.05, 3.63) is 48.3 Å². The predicted octanol–water partition coefficient (Wildman–Crippen LogP) is 2.94. The zero-order chi connectivity index (χ0) is 18.3. The summed E-state index contributed by atoms with van der Waals surface area (Å²) in [5.41, 5.74) is 2.56. The van der Waals surface area contributed by atoms with E-state index in [0.29, 0.717) is 12.6 Å². The SMILES string of the molecule is c1cncc(COc2ccc3nc(NCCCN4CCOCC4)oc3c2)c1. The highest BCUT2D eigenvalue weighted by molar-refractivity contribution is 5.76. The number of rotatable bonds is 8. The number of oxazole rings is 1. The Morgan fingerprint density at radius 3 is 2.96 bits per heavy atom. The van der Waals surface area contributed by atoms with Crippen molar-refractivity contribution >= 4 is 17.1 Å². The average molecular weight is 368 g/mol. The normalized spacial score (nSPS) is 15.1. The number of benzene rings is 1. The monoisotopic (exact) mass is 368 g/mol. The van der Waals surface area contributed by atoms with Gasteiger partial charge in [0.25, 0.3) is 6.01 Å². The van der Waals surface area contributed by atoms with Crippen LogP contribution in [0.15, 0.2) is 47.1 Å². The van der Waals surface area contributed by atoms with E-state index in [0.717, 1.165) is 68.2 Å². The molecule has 3 heterocycles. The number of hydrogen-bond donors (Lipinski definition) is 1. The lowest BCUT2D eigenvalue weighted by Gasteiger charge is -2.26. The maximum absolute atomic E-state index is 5.81. The molecule has 0 amide bonds. The highest BCUT2D eigenvalue weighted by Gasteiger charge is 2.10. The van der Waals surface area contributed by atoms with Crippen LogP contribution in [0.5, 0.6) is 5.75 Å². The summed E-state index contributed by atoms with van der Waals surface area (Å²) in [5.74, 6) is 0.751. The van der Waals surface area contributed by atoms with Crippen LogP contribution in [-0.2, 0) is 11.3 Å². The third-order valence-corrected chi connectivity index (χ3v) is 4.52. The summed E-state index contributed by atoms with van der Waals surface area (Å²) in [4.78, 5) is 11.0.